The van der Waals surface area contributed by atoms with Crippen molar-refractivity contribution in [2.75, 3.05) is 20.2 Å². The highest BCUT2D eigenvalue weighted by Gasteiger charge is 2.10. The molecule has 0 amide bonds. The molecule has 118 valence electrons. The molecule has 1 unspecified atom stereocenters. The Morgan fingerprint density at radius 2 is 1.86 bits per heavy atom. The van der Waals surface area contributed by atoms with Crippen LogP contribution in [0, 0.1) is 13.8 Å². The van der Waals surface area contributed by atoms with Crippen LogP contribution in [0.5, 0.6) is 5.75 Å². The molecule has 2 rings (SSSR count). The number of hydrogen-bond acceptors (Lipinski definition) is 3. The molecule has 0 saturated heterocycles. The van der Waals surface area contributed by atoms with E-state index in [2.05, 4.69) is 24.0 Å². The van der Waals surface area contributed by atoms with Gasteiger partial charge in [-0.3, -0.25) is 4.90 Å². The van der Waals surface area contributed by atoms with E-state index >= 15 is 0 Å². The quantitative estimate of drug-likeness (QED) is 0.852. The van der Waals surface area contributed by atoms with Crippen LogP contribution >= 0.6 is 0 Å². The molecule has 22 heavy (non-hydrogen) atoms. The van der Waals surface area contributed by atoms with Crippen molar-refractivity contribution in [2.45, 2.75) is 26.5 Å². The van der Waals surface area contributed by atoms with Gasteiger partial charge in [-0.05, 0) is 49.7 Å². The molecule has 2 aromatic rings. The van der Waals surface area contributed by atoms with Crippen molar-refractivity contribution in [3.63, 3.8) is 0 Å². The molecular formula is C19H25NO2. The summed E-state index contributed by atoms with van der Waals surface area (Å²) in [6.07, 6.45) is -0.505. The second-order valence-electron chi connectivity index (χ2n) is 5.90. The molecule has 2 aromatic carbocycles. The van der Waals surface area contributed by atoms with E-state index in [0.29, 0.717) is 13.2 Å². The van der Waals surface area contributed by atoms with E-state index < -0.39 is 6.10 Å². The monoisotopic (exact) mass is 299 g/mol. The van der Waals surface area contributed by atoms with Gasteiger partial charge < -0.3 is 9.84 Å². The van der Waals surface area contributed by atoms with Crippen molar-refractivity contribution in [3.05, 3.63) is 65.2 Å². The first-order valence-electron chi connectivity index (χ1n) is 7.65. The van der Waals surface area contributed by atoms with Crippen LogP contribution in [0.4, 0.5) is 0 Å². The Balaban J connectivity index is 1.79. The zero-order valence-corrected chi connectivity index (χ0v) is 13.6. The maximum atomic E-state index is 10.1. The number of aryl methyl sites for hydroxylation is 2. The molecular weight excluding hydrogens is 274 g/mol. The first-order chi connectivity index (χ1) is 10.5. The van der Waals surface area contributed by atoms with Gasteiger partial charge in [-0.2, -0.15) is 0 Å². The number of nitrogens with zero attached hydrogens (tertiary/aromatic N) is 1. The van der Waals surface area contributed by atoms with Gasteiger partial charge in [-0.1, -0.05) is 36.4 Å². The van der Waals surface area contributed by atoms with Crippen molar-refractivity contribution >= 4 is 0 Å². The first-order valence-corrected chi connectivity index (χ1v) is 7.65. The minimum atomic E-state index is -0.505. The minimum absolute atomic E-state index is 0.307. The fraction of sp³-hybridized carbons (Fsp3) is 0.368. The van der Waals surface area contributed by atoms with Crippen LogP contribution in [0.25, 0.3) is 0 Å². The molecule has 0 aliphatic carbocycles. The van der Waals surface area contributed by atoms with Gasteiger partial charge in [-0.25, -0.2) is 0 Å². The Bertz CT molecular complexity index is 597. The lowest BCUT2D eigenvalue weighted by atomic mass is 10.1. The average Bonchev–Trinajstić information content (AvgIpc) is 2.47. The number of rotatable bonds is 7. The van der Waals surface area contributed by atoms with Gasteiger partial charge in [0.15, 0.2) is 0 Å². The van der Waals surface area contributed by atoms with Crippen molar-refractivity contribution in [2.24, 2.45) is 0 Å². The Labute approximate surface area is 133 Å². The highest BCUT2D eigenvalue weighted by molar-refractivity contribution is 5.27. The van der Waals surface area contributed by atoms with Crippen molar-refractivity contribution < 1.29 is 9.84 Å². The maximum absolute atomic E-state index is 10.1. The highest BCUT2D eigenvalue weighted by Crippen LogP contribution is 2.13. The lowest BCUT2D eigenvalue weighted by Gasteiger charge is -2.21. The van der Waals surface area contributed by atoms with Crippen LogP contribution in [-0.2, 0) is 6.54 Å². The van der Waals surface area contributed by atoms with Crippen LogP contribution in [-0.4, -0.2) is 36.3 Å². The fourth-order valence-electron chi connectivity index (χ4n) is 2.45. The third-order valence-corrected chi connectivity index (χ3v) is 3.66. The molecule has 3 heteroatoms. The smallest absolute Gasteiger partial charge is 0.119 e. The second-order valence-corrected chi connectivity index (χ2v) is 5.90. The predicted octanol–water partition coefficient (Wildman–Crippen LogP) is 3.18. The SMILES string of the molecule is Cc1cccc(OCC(O)CN(C)Cc2ccccc2C)c1. The summed E-state index contributed by atoms with van der Waals surface area (Å²) in [5, 5.41) is 10.1. The third-order valence-electron chi connectivity index (χ3n) is 3.66. The number of likely N-dealkylation sites (N-methyl/N-ethyl adjacent to an activating group) is 1. The highest BCUT2D eigenvalue weighted by atomic mass is 16.5. The average molecular weight is 299 g/mol. The van der Waals surface area contributed by atoms with Crippen molar-refractivity contribution in [1.29, 1.82) is 0 Å². The van der Waals surface area contributed by atoms with E-state index in [9.17, 15) is 5.11 Å². The number of benzene rings is 2. The third kappa shape index (κ3) is 5.17. The largest absolute Gasteiger partial charge is 0.491 e. The standard InChI is InChI=1S/C19H25NO2/c1-15-7-6-10-19(11-15)22-14-18(21)13-20(3)12-17-9-5-4-8-16(17)2/h4-11,18,21H,12-14H2,1-3H3. The molecule has 0 heterocycles. The van der Waals surface area contributed by atoms with E-state index in [0.717, 1.165) is 17.9 Å². The van der Waals surface area contributed by atoms with E-state index in [-0.39, 0.29) is 0 Å². The molecule has 0 aliphatic heterocycles. The van der Waals surface area contributed by atoms with Gasteiger partial charge in [0.05, 0.1) is 0 Å². The summed E-state index contributed by atoms with van der Waals surface area (Å²) in [5.74, 6) is 0.806. The van der Waals surface area contributed by atoms with Gasteiger partial charge in [0.2, 0.25) is 0 Å². The zero-order valence-electron chi connectivity index (χ0n) is 13.6. The lowest BCUT2D eigenvalue weighted by molar-refractivity contribution is 0.0743. The van der Waals surface area contributed by atoms with Gasteiger partial charge in [0, 0.05) is 13.1 Å². The summed E-state index contributed by atoms with van der Waals surface area (Å²) < 4.78 is 5.65. The van der Waals surface area contributed by atoms with E-state index in [4.69, 9.17) is 4.74 Å². The molecule has 3 nitrogen and oxygen atoms in total. The normalized spacial score (nSPS) is 12.4. The van der Waals surface area contributed by atoms with Gasteiger partial charge in [-0.15, -0.1) is 0 Å². The van der Waals surface area contributed by atoms with E-state index in [1.54, 1.807) is 0 Å². The molecule has 0 radical (unpaired) electrons. The van der Waals surface area contributed by atoms with Gasteiger partial charge >= 0.3 is 0 Å². The Kier molecular flexibility index (Phi) is 5.99. The number of aliphatic hydroxyl groups excluding tert-OH is 1. The topological polar surface area (TPSA) is 32.7 Å². The Morgan fingerprint density at radius 3 is 2.59 bits per heavy atom. The van der Waals surface area contributed by atoms with E-state index in [1.165, 1.54) is 11.1 Å². The summed E-state index contributed by atoms with van der Waals surface area (Å²) >= 11 is 0. The summed E-state index contributed by atoms with van der Waals surface area (Å²) in [6, 6.07) is 16.2. The van der Waals surface area contributed by atoms with Crippen molar-refractivity contribution in [1.82, 2.24) is 4.90 Å². The molecule has 1 N–H and O–H groups in total. The second kappa shape index (κ2) is 7.97. The summed E-state index contributed by atoms with van der Waals surface area (Å²) in [4.78, 5) is 2.12. The summed E-state index contributed by atoms with van der Waals surface area (Å²) in [5.41, 5.74) is 3.72. The van der Waals surface area contributed by atoms with Gasteiger partial charge in [0.1, 0.15) is 18.5 Å². The van der Waals surface area contributed by atoms with Crippen molar-refractivity contribution in [3.8, 4) is 5.75 Å². The van der Waals surface area contributed by atoms with Crippen LogP contribution in [0.1, 0.15) is 16.7 Å². The maximum Gasteiger partial charge on any atom is 0.119 e. The first kappa shape index (κ1) is 16.5. The molecule has 1 atom stereocenters. The summed E-state index contributed by atoms with van der Waals surface area (Å²) in [7, 11) is 2.02. The van der Waals surface area contributed by atoms with Crippen LogP contribution in [0.2, 0.25) is 0 Å². The van der Waals surface area contributed by atoms with Gasteiger partial charge in [0.25, 0.3) is 0 Å². The Morgan fingerprint density at radius 1 is 1.09 bits per heavy atom. The summed E-state index contributed by atoms with van der Waals surface area (Å²) in [6.45, 7) is 5.86. The Hall–Kier alpha value is -1.84. The fourth-order valence-corrected chi connectivity index (χ4v) is 2.45. The van der Waals surface area contributed by atoms with Crippen LogP contribution in [0.15, 0.2) is 48.5 Å². The lowest BCUT2D eigenvalue weighted by Crippen LogP contribution is -2.32. The zero-order chi connectivity index (χ0) is 15.9. The molecule has 0 bridgehead atoms. The molecule has 0 aliphatic rings. The molecule has 0 saturated carbocycles. The minimum Gasteiger partial charge on any atom is -0.491 e. The van der Waals surface area contributed by atoms with E-state index in [1.807, 2.05) is 50.4 Å². The van der Waals surface area contributed by atoms with Crippen LogP contribution in [0.3, 0.4) is 0 Å². The number of ether oxygens (including phenoxy) is 1. The van der Waals surface area contributed by atoms with Crippen LogP contribution < -0.4 is 4.74 Å². The molecule has 0 spiro atoms. The number of hydrogen-bond donors (Lipinski definition) is 1. The molecule has 0 fully saturated rings. The molecule has 0 aromatic heterocycles. The predicted molar refractivity (Wildman–Crippen MR) is 90.2 cm³/mol. The number of aliphatic hydroxyl groups is 1.